The molecule has 0 spiro atoms. The Morgan fingerprint density at radius 1 is 1.19 bits per heavy atom. The topological polar surface area (TPSA) is 63.8 Å². The summed E-state index contributed by atoms with van der Waals surface area (Å²) < 4.78 is 0.852. The van der Waals surface area contributed by atoms with E-state index < -0.39 is 0 Å². The van der Waals surface area contributed by atoms with Crippen LogP contribution in [0.1, 0.15) is 5.56 Å². The van der Waals surface area contributed by atoms with E-state index in [-0.39, 0.29) is 0 Å². The molecule has 82 valence electrons. The zero-order valence-corrected chi connectivity index (χ0v) is 10.1. The Kier molecular flexibility index (Phi) is 3.48. The zero-order valence-electron chi connectivity index (χ0n) is 8.52. The maximum Gasteiger partial charge on any atom is 0.227 e. The van der Waals surface area contributed by atoms with E-state index in [1.807, 2.05) is 24.3 Å². The van der Waals surface area contributed by atoms with Gasteiger partial charge in [-0.15, -0.1) is 0 Å². The minimum absolute atomic E-state index is 0.486. The van der Waals surface area contributed by atoms with Crippen molar-refractivity contribution in [2.75, 3.05) is 5.32 Å². The highest BCUT2D eigenvalue weighted by molar-refractivity contribution is 9.10. The van der Waals surface area contributed by atoms with Crippen molar-refractivity contribution in [3.63, 3.8) is 0 Å². The average molecular weight is 279 g/mol. The van der Waals surface area contributed by atoms with Crippen molar-refractivity contribution >= 4 is 27.6 Å². The molecule has 1 heterocycles. The third kappa shape index (κ3) is 2.56. The summed E-state index contributed by atoms with van der Waals surface area (Å²) in [4.78, 5) is 8.28. The SMILES string of the molecule is NCc1ccccc1Nc1ncc(Br)cn1. The molecular formula is C11H11BrN4. The van der Waals surface area contributed by atoms with Gasteiger partial charge in [-0.25, -0.2) is 9.97 Å². The molecule has 0 amide bonds. The minimum Gasteiger partial charge on any atom is -0.326 e. The van der Waals surface area contributed by atoms with Gasteiger partial charge in [0.1, 0.15) is 0 Å². The molecule has 0 atom stereocenters. The predicted molar refractivity (Wildman–Crippen MR) is 67.3 cm³/mol. The fraction of sp³-hybridized carbons (Fsp3) is 0.0909. The molecule has 0 saturated carbocycles. The molecule has 5 heteroatoms. The first kappa shape index (κ1) is 11.0. The van der Waals surface area contributed by atoms with Gasteiger partial charge in [0.25, 0.3) is 0 Å². The first-order valence-electron chi connectivity index (χ1n) is 4.82. The molecule has 0 fully saturated rings. The summed E-state index contributed by atoms with van der Waals surface area (Å²) in [6, 6.07) is 7.82. The Bertz CT molecular complexity index is 470. The largest absolute Gasteiger partial charge is 0.326 e. The van der Waals surface area contributed by atoms with Crippen molar-refractivity contribution in [2.45, 2.75) is 6.54 Å². The van der Waals surface area contributed by atoms with Crippen molar-refractivity contribution in [1.29, 1.82) is 0 Å². The molecule has 0 aliphatic rings. The van der Waals surface area contributed by atoms with E-state index in [0.29, 0.717) is 12.5 Å². The van der Waals surface area contributed by atoms with Gasteiger partial charge in [0.2, 0.25) is 5.95 Å². The van der Waals surface area contributed by atoms with Gasteiger partial charge in [-0.2, -0.15) is 0 Å². The van der Waals surface area contributed by atoms with E-state index in [1.54, 1.807) is 12.4 Å². The number of rotatable bonds is 3. The van der Waals surface area contributed by atoms with Crippen LogP contribution in [0.5, 0.6) is 0 Å². The fourth-order valence-electron chi connectivity index (χ4n) is 1.32. The number of anilines is 2. The van der Waals surface area contributed by atoms with Crippen LogP contribution in [0.2, 0.25) is 0 Å². The number of benzene rings is 1. The van der Waals surface area contributed by atoms with Gasteiger partial charge < -0.3 is 11.1 Å². The number of nitrogens with one attached hydrogen (secondary N) is 1. The van der Waals surface area contributed by atoms with Crippen LogP contribution in [-0.4, -0.2) is 9.97 Å². The third-order valence-corrected chi connectivity index (χ3v) is 2.51. The smallest absolute Gasteiger partial charge is 0.227 e. The van der Waals surface area contributed by atoms with Crippen LogP contribution >= 0.6 is 15.9 Å². The lowest BCUT2D eigenvalue weighted by Crippen LogP contribution is -2.03. The summed E-state index contributed by atoms with van der Waals surface area (Å²) in [5, 5.41) is 3.13. The average Bonchev–Trinajstić information content (AvgIpc) is 2.33. The molecule has 16 heavy (non-hydrogen) atoms. The van der Waals surface area contributed by atoms with Crippen LogP contribution < -0.4 is 11.1 Å². The molecular weight excluding hydrogens is 268 g/mol. The van der Waals surface area contributed by atoms with Crippen molar-refractivity contribution in [1.82, 2.24) is 9.97 Å². The Labute approximate surface area is 102 Å². The Morgan fingerprint density at radius 3 is 2.56 bits per heavy atom. The van der Waals surface area contributed by atoms with Gasteiger partial charge >= 0.3 is 0 Å². The Balaban J connectivity index is 2.23. The molecule has 1 aromatic heterocycles. The van der Waals surface area contributed by atoms with Gasteiger partial charge in [0.05, 0.1) is 4.47 Å². The van der Waals surface area contributed by atoms with Gasteiger partial charge in [-0.05, 0) is 27.6 Å². The molecule has 0 aliphatic heterocycles. The molecule has 3 N–H and O–H groups in total. The lowest BCUT2D eigenvalue weighted by Gasteiger charge is -2.08. The van der Waals surface area contributed by atoms with Crippen LogP contribution in [0.4, 0.5) is 11.6 Å². The number of hydrogen-bond donors (Lipinski definition) is 2. The number of halogens is 1. The van der Waals surface area contributed by atoms with Crippen LogP contribution in [0, 0.1) is 0 Å². The number of aromatic nitrogens is 2. The molecule has 0 bridgehead atoms. The highest BCUT2D eigenvalue weighted by Crippen LogP contribution is 2.18. The molecule has 2 aromatic rings. The summed E-state index contributed by atoms with van der Waals surface area (Å²) in [5.74, 6) is 0.559. The van der Waals surface area contributed by atoms with Crippen molar-refractivity contribution in [3.8, 4) is 0 Å². The van der Waals surface area contributed by atoms with Crippen LogP contribution in [0.3, 0.4) is 0 Å². The summed E-state index contributed by atoms with van der Waals surface area (Å²) in [7, 11) is 0. The predicted octanol–water partition coefficient (Wildman–Crippen LogP) is 2.44. The van der Waals surface area contributed by atoms with Crippen molar-refractivity contribution in [3.05, 3.63) is 46.7 Å². The third-order valence-electron chi connectivity index (χ3n) is 2.10. The number of hydrogen-bond acceptors (Lipinski definition) is 4. The van der Waals surface area contributed by atoms with Gasteiger partial charge in [-0.3, -0.25) is 0 Å². The molecule has 0 aliphatic carbocycles. The van der Waals surface area contributed by atoms with Crippen molar-refractivity contribution in [2.24, 2.45) is 5.73 Å². The quantitative estimate of drug-likeness (QED) is 0.905. The fourth-order valence-corrected chi connectivity index (χ4v) is 1.52. The number of para-hydroxylation sites is 1. The molecule has 1 aromatic carbocycles. The standard InChI is InChI=1S/C11H11BrN4/c12-9-6-14-11(15-7-9)16-10-4-2-1-3-8(10)5-13/h1-4,6-7H,5,13H2,(H,14,15,16). The monoisotopic (exact) mass is 278 g/mol. The first-order valence-corrected chi connectivity index (χ1v) is 5.61. The molecule has 0 unspecified atom stereocenters. The van der Waals surface area contributed by atoms with E-state index in [1.165, 1.54) is 0 Å². The minimum atomic E-state index is 0.486. The van der Waals surface area contributed by atoms with Crippen molar-refractivity contribution < 1.29 is 0 Å². The van der Waals surface area contributed by atoms with E-state index >= 15 is 0 Å². The van der Waals surface area contributed by atoms with E-state index in [0.717, 1.165) is 15.7 Å². The van der Waals surface area contributed by atoms with Crippen LogP contribution in [-0.2, 0) is 6.54 Å². The van der Waals surface area contributed by atoms with Gasteiger partial charge in [0.15, 0.2) is 0 Å². The first-order chi connectivity index (χ1) is 7.79. The van der Waals surface area contributed by atoms with Crippen LogP contribution in [0.25, 0.3) is 0 Å². The summed E-state index contributed by atoms with van der Waals surface area (Å²) >= 11 is 3.29. The van der Waals surface area contributed by atoms with E-state index in [9.17, 15) is 0 Å². The van der Waals surface area contributed by atoms with E-state index in [2.05, 4.69) is 31.2 Å². The lowest BCUT2D eigenvalue weighted by atomic mass is 10.2. The maximum absolute atomic E-state index is 5.64. The highest BCUT2D eigenvalue weighted by atomic mass is 79.9. The molecule has 2 rings (SSSR count). The summed E-state index contributed by atoms with van der Waals surface area (Å²) in [6.07, 6.45) is 3.39. The number of nitrogens with two attached hydrogens (primary N) is 1. The summed E-state index contributed by atoms with van der Waals surface area (Å²) in [6.45, 7) is 0.486. The van der Waals surface area contributed by atoms with Gasteiger partial charge in [-0.1, -0.05) is 18.2 Å². The Hall–Kier alpha value is -1.46. The Morgan fingerprint density at radius 2 is 1.88 bits per heavy atom. The van der Waals surface area contributed by atoms with Gasteiger partial charge in [0, 0.05) is 24.6 Å². The zero-order chi connectivity index (χ0) is 11.4. The number of nitrogens with zero attached hydrogens (tertiary/aromatic N) is 2. The molecule has 0 saturated heterocycles. The van der Waals surface area contributed by atoms with Crippen LogP contribution in [0.15, 0.2) is 41.1 Å². The maximum atomic E-state index is 5.64. The second kappa shape index (κ2) is 5.05. The summed E-state index contributed by atoms with van der Waals surface area (Å²) in [5.41, 5.74) is 7.61. The second-order valence-corrected chi connectivity index (χ2v) is 4.13. The lowest BCUT2D eigenvalue weighted by molar-refractivity contribution is 1.06. The molecule has 4 nitrogen and oxygen atoms in total. The highest BCUT2D eigenvalue weighted by Gasteiger charge is 2.01. The molecule has 0 radical (unpaired) electrons. The second-order valence-electron chi connectivity index (χ2n) is 3.21. The normalized spacial score (nSPS) is 10.1. The van der Waals surface area contributed by atoms with E-state index in [4.69, 9.17) is 5.73 Å².